The van der Waals surface area contributed by atoms with E-state index in [1.807, 2.05) is 30.3 Å². The molecule has 5 rings (SSSR count). The Kier molecular flexibility index (Phi) is 8.91. The average molecular weight is 583 g/mol. The fraction of sp³-hybridized carbons (Fsp3) is 0.333. The number of fused-ring (bicyclic) bond motifs is 1. The van der Waals surface area contributed by atoms with Crippen LogP contribution in [0.1, 0.15) is 18.9 Å². The van der Waals surface area contributed by atoms with Crippen molar-refractivity contribution in [3.05, 3.63) is 78.9 Å². The molecule has 0 bridgehead atoms. The molecule has 1 saturated heterocycles. The molecule has 14 heteroatoms. The number of nitrogens with one attached hydrogen (secondary N) is 1. The second kappa shape index (κ2) is 12.8. The van der Waals surface area contributed by atoms with Gasteiger partial charge in [-0.2, -0.15) is 5.09 Å². The van der Waals surface area contributed by atoms with Crippen LogP contribution in [0, 0.1) is 0 Å². The summed E-state index contributed by atoms with van der Waals surface area (Å²) in [6.07, 6.45) is 1.10. The number of hydrogen-bond acceptors (Lipinski definition) is 11. The third-order valence-corrected chi connectivity index (χ3v) is 8.08. The number of ether oxygens (including phenoxy) is 2. The second-order valence-electron chi connectivity index (χ2n) is 9.57. The fourth-order valence-electron chi connectivity index (χ4n) is 4.35. The fourth-order valence-corrected chi connectivity index (χ4v) is 5.87. The molecule has 1 fully saturated rings. The maximum atomic E-state index is 13.8. The van der Waals surface area contributed by atoms with Crippen LogP contribution in [0.3, 0.4) is 0 Å². The minimum Gasteiger partial charge on any atom is -0.460 e. The third-order valence-electron chi connectivity index (χ3n) is 6.44. The molecule has 0 spiro atoms. The van der Waals surface area contributed by atoms with Gasteiger partial charge in [-0.1, -0.05) is 48.5 Å². The molecule has 41 heavy (non-hydrogen) atoms. The maximum Gasteiger partial charge on any atom is 0.459 e. The van der Waals surface area contributed by atoms with E-state index in [0.717, 1.165) is 5.56 Å². The van der Waals surface area contributed by atoms with Crippen LogP contribution in [0.15, 0.2) is 73.3 Å². The van der Waals surface area contributed by atoms with E-state index in [2.05, 4.69) is 20.0 Å². The zero-order valence-electron chi connectivity index (χ0n) is 22.3. The summed E-state index contributed by atoms with van der Waals surface area (Å²) in [7, 11) is -4.09. The van der Waals surface area contributed by atoms with Gasteiger partial charge in [-0.05, 0) is 24.6 Å². The highest BCUT2D eigenvalue weighted by molar-refractivity contribution is 7.52. The number of benzene rings is 2. The van der Waals surface area contributed by atoms with Crippen LogP contribution >= 0.6 is 7.75 Å². The highest BCUT2D eigenvalue weighted by Gasteiger charge is 2.38. The summed E-state index contributed by atoms with van der Waals surface area (Å²) in [5, 5.41) is 13.3. The molecule has 2 aromatic carbocycles. The van der Waals surface area contributed by atoms with Crippen LogP contribution in [0.25, 0.3) is 11.2 Å². The lowest BCUT2D eigenvalue weighted by Gasteiger charge is -2.24. The molecule has 1 aliphatic rings. The number of esters is 1. The van der Waals surface area contributed by atoms with Gasteiger partial charge in [0.05, 0.1) is 31.7 Å². The average Bonchev–Trinajstić information content (AvgIpc) is 3.55. The largest absolute Gasteiger partial charge is 0.460 e. The van der Waals surface area contributed by atoms with Crippen molar-refractivity contribution in [3.63, 3.8) is 0 Å². The Balaban J connectivity index is 1.21. The minimum absolute atomic E-state index is 0.0659. The first-order valence-electron chi connectivity index (χ1n) is 13.0. The molecular formula is C27H31N6O7P. The normalized spacial score (nSPS) is 20.9. The van der Waals surface area contributed by atoms with Crippen LogP contribution in [0.4, 0.5) is 5.82 Å². The summed E-state index contributed by atoms with van der Waals surface area (Å²) in [5.41, 5.74) is 7.66. The van der Waals surface area contributed by atoms with E-state index in [4.69, 9.17) is 24.3 Å². The Labute approximate surface area is 236 Å². The molecule has 3 heterocycles. The number of nitrogens with zero attached hydrogens (tertiary/aromatic N) is 4. The smallest absolute Gasteiger partial charge is 0.459 e. The van der Waals surface area contributed by atoms with Crippen LogP contribution in [0.2, 0.25) is 0 Å². The Bertz CT molecular complexity index is 1510. The van der Waals surface area contributed by atoms with Crippen molar-refractivity contribution in [1.82, 2.24) is 24.6 Å². The van der Waals surface area contributed by atoms with Gasteiger partial charge in [-0.15, -0.1) is 0 Å². The Morgan fingerprint density at radius 2 is 1.90 bits per heavy atom. The van der Waals surface area contributed by atoms with Crippen LogP contribution in [0.5, 0.6) is 5.75 Å². The summed E-state index contributed by atoms with van der Waals surface area (Å²) in [5.74, 6) is -0.0848. The monoisotopic (exact) mass is 582 g/mol. The van der Waals surface area contributed by atoms with E-state index in [1.165, 1.54) is 13.3 Å². The van der Waals surface area contributed by atoms with Gasteiger partial charge in [0.2, 0.25) is 0 Å². The van der Waals surface area contributed by atoms with Crippen LogP contribution < -0.4 is 15.3 Å². The predicted molar refractivity (Wildman–Crippen MR) is 148 cm³/mol. The number of aliphatic hydroxyl groups excluding tert-OH is 1. The number of nitrogens with two attached hydrogens (primary N) is 1. The van der Waals surface area contributed by atoms with E-state index in [0.29, 0.717) is 11.2 Å². The number of carbonyl (C=O) groups excluding carboxylic acids is 1. The van der Waals surface area contributed by atoms with Gasteiger partial charge in [-0.3, -0.25) is 9.32 Å². The minimum atomic E-state index is -4.09. The second-order valence-corrected chi connectivity index (χ2v) is 11.3. The molecule has 0 radical (unpaired) electrons. The molecule has 216 valence electrons. The van der Waals surface area contributed by atoms with Gasteiger partial charge in [0, 0.05) is 6.42 Å². The highest BCUT2D eigenvalue weighted by Crippen LogP contribution is 2.45. The molecule has 0 aliphatic carbocycles. The molecule has 0 amide bonds. The summed E-state index contributed by atoms with van der Waals surface area (Å²) >= 11 is 0. The van der Waals surface area contributed by atoms with E-state index in [-0.39, 0.29) is 37.7 Å². The van der Waals surface area contributed by atoms with Crippen molar-refractivity contribution >= 4 is 30.7 Å². The summed E-state index contributed by atoms with van der Waals surface area (Å²) in [4.78, 5) is 25.0. The number of carbonyl (C=O) groups is 1. The Morgan fingerprint density at radius 3 is 2.66 bits per heavy atom. The molecule has 1 unspecified atom stereocenters. The first-order valence-corrected chi connectivity index (χ1v) is 14.6. The lowest BCUT2D eigenvalue weighted by atomic mass is 10.1. The summed E-state index contributed by atoms with van der Waals surface area (Å²) in [6.45, 7) is 1.66. The number of nitrogen functional groups attached to an aromatic ring is 1. The molecular weight excluding hydrogens is 551 g/mol. The first kappa shape index (κ1) is 28.7. The van der Waals surface area contributed by atoms with Gasteiger partial charge >= 0.3 is 13.7 Å². The number of imidazole rings is 1. The van der Waals surface area contributed by atoms with Crippen molar-refractivity contribution < 1.29 is 33.0 Å². The number of rotatable bonds is 12. The van der Waals surface area contributed by atoms with Crippen molar-refractivity contribution in [3.8, 4) is 5.75 Å². The van der Waals surface area contributed by atoms with E-state index >= 15 is 0 Å². The topological polar surface area (TPSA) is 173 Å². The molecule has 13 nitrogen and oxygen atoms in total. The summed E-state index contributed by atoms with van der Waals surface area (Å²) in [6, 6.07) is 16.7. The Morgan fingerprint density at radius 1 is 1.17 bits per heavy atom. The summed E-state index contributed by atoms with van der Waals surface area (Å²) < 4.78 is 38.4. The van der Waals surface area contributed by atoms with Gasteiger partial charge in [0.1, 0.15) is 36.3 Å². The molecule has 4 N–H and O–H groups in total. The Hall–Kier alpha value is -3.87. The lowest BCUT2D eigenvalue weighted by Crippen LogP contribution is -2.35. The van der Waals surface area contributed by atoms with E-state index in [1.54, 1.807) is 41.2 Å². The van der Waals surface area contributed by atoms with Crippen molar-refractivity contribution in [1.29, 1.82) is 0 Å². The zero-order chi connectivity index (χ0) is 28.8. The van der Waals surface area contributed by atoms with Crippen molar-refractivity contribution in [2.75, 3.05) is 12.3 Å². The van der Waals surface area contributed by atoms with Gasteiger partial charge in [0.15, 0.2) is 11.5 Å². The standard InChI is InChI=1S/C27H31N6O7P/c1-18(27(35)37-14-19-8-4-2-5-9-19)32-41(36,40-20-10-6-3-7-11-20)38-15-21-12-22(34)23(39-21)13-33-17-31-24-25(28)29-16-30-26(24)33/h2-11,16-18,21-23,34H,12-15H2,1H3,(H,32,36)(H2,28,29,30)/t18-,21-,22-,23-,41?/m0/s1. The molecule has 0 saturated carbocycles. The molecule has 4 aromatic rings. The lowest BCUT2D eigenvalue weighted by molar-refractivity contribution is -0.146. The predicted octanol–water partition coefficient (Wildman–Crippen LogP) is 2.85. The van der Waals surface area contributed by atoms with Crippen LogP contribution in [-0.4, -0.2) is 61.6 Å². The zero-order valence-corrected chi connectivity index (χ0v) is 23.2. The number of aromatic nitrogens is 4. The molecule has 1 aliphatic heterocycles. The van der Waals surface area contributed by atoms with Gasteiger partial charge in [-0.25, -0.2) is 19.5 Å². The highest BCUT2D eigenvalue weighted by atomic mass is 31.2. The van der Waals surface area contributed by atoms with Crippen molar-refractivity contribution in [2.24, 2.45) is 0 Å². The van der Waals surface area contributed by atoms with Gasteiger partial charge < -0.3 is 29.4 Å². The number of anilines is 1. The quantitative estimate of drug-likeness (QED) is 0.165. The number of para-hydroxylation sites is 1. The van der Waals surface area contributed by atoms with Gasteiger partial charge in [0.25, 0.3) is 0 Å². The van der Waals surface area contributed by atoms with Crippen molar-refractivity contribution in [2.45, 2.75) is 50.8 Å². The van der Waals surface area contributed by atoms with E-state index in [9.17, 15) is 14.5 Å². The number of aliphatic hydroxyl groups is 1. The first-order chi connectivity index (χ1) is 19.8. The van der Waals surface area contributed by atoms with Crippen LogP contribution in [-0.2, 0) is 36.5 Å². The SMILES string of the molecule is C[C@H](NP(=O)(OC[C@@H]1C[C@H](O)[C@H](Cn2cnc3c(N)ncnc32)O1)Oc1ccccc1)C(=O)OCc1ccccc1. The maximum absolute atomic E-state index is 13.8. The molecule has 2 aromatic heterocycles. The molecule has 5 atom stereocenters. The third kappa shape index (κ3) is 7.26. The number of hydrogen-bond donors (Lipinski definition) is 3. The van der Waals surface area contributed by atoms with E-state index < -0.39 is 38.1 Å².